The number of aromatic nitrogens is 4. The van der Waals surface area contributed by atoms with Crippen LogP contribution in [0.2, 0.25) is 0 Å². The Labute approximate surface area is 197 Å². The number of hydrogen-bond donors (Lipinski definition) is 0. The largest absolute Gasteiger partial charge is 0.265 e. The summed E-state index contributed by atoms with van der Waals surface area (Å²) in [6.45, 7) is 0. The molecular formula is C28H22N6. The predicted molar refractivity (Wildman–Crippen MR) is 134 cm³/mol. The molecule has 5 aromatic rings. The number of hydrogen-bond acceptors (Lipinski definition) is 5. The van der Waals surface area contributed by atoms with Crippen molar-refractivity contribution in [3.8, 4) is 16.9 Å². The topological polar surface area (TPSA) is 59.2 Å². The van der Waals surface area contributed by atoms with Gasteiger partial charge in [0, 0.05) is 54.1 Å². The normalized spacial score (nSPS) is 15.4. The van der Waals surface area contributed by atoms with Crippen molar-refractivity contribution >= 4 is 11.4 Å². The quantitative estimate of drug-likeness (QED) is 0.351. The number of anilines is 1. The van der Waals surface area contributed by atoms with Gasteiger partial charge in [0.2, 0.25) is 0 Å². The number of rotatable bonds is 5. The van der Waals surface area contributed by atoms with Gasteiger partial charge in [-0.25, -0.2) is 4.68 Å². The summed E-state index contributed by atoms with van der Waals surface area (Å²) < 4.78 is 1.95. The lowest BCUT2D eigenvalue weighted by atomic mass is 9.97. The summed E-state index contributed by atoms with van der Waals surface area (Å²) >= 11 is 0. The highest BCUT2D eigenvalue weighted by atomic mass is 15.5. The fourth-order valence-corrected chi connectivity index (χ4v) is 4.36. The Morgan fingerprint density at radius 2 is 1.41 bits per heavy atom. The zero-order chi connectivity index (χ0) is 22.7. The molecular weight excluding hydrogens is 420 g/mol. The Balaban J connectivity index is 1.50. The lowest BCUT2D eigenvalue weighted by Crippen LogP contribution is -2.18. The molecule has 164 valence electrons. The monoisotopic (exact) mass is 442 g/mol. The second-order valence-electron chi connectivity index (χ2n) is 8.14. The number of hydrazone groups is 1. The van der Waals surface area contributed by atoms with Crippen molar-refractivity contribution in [3.63, 3.8) is 0 Å². The van der Waals surface area contributed by atoms with Gasteiger partial charge >= 0.3 is 0 Å². The Morgan fingerprint density at radius 1 is 0.676 bits per heavy atom. The highest BCUT2D eigenvalue weighted by molar-refractivity contribution is 6.03. The number of pyridine rings is 2. The van der Waals surface area contributed by atoms with Crippen molar-refractivity contribution in [2.75, 3.05) is 5.01 Å². The highest BCUT2D eigenvalue weighted by Crippen LogP contribution is 2.40. The summed E-state index contributed by atoms with van der Waals surface area (Å²) in [5, 5.41) is 12.2. The maximum atomic E-state index is 5.06. The molecule has 1 aliphatic heterocycles. The second-order valence-corrected chi connectivity index (χ2v) is 8.14. The van der Waals surface area contributed by atoms with Crippen LogP contribution in [0.4, 0.5) is 5.69 Å². The first-order chi connectivity index (χ1) is 16.9. The van der Waals surface area contributed by atoms with Crippen LogP contribution in [0.15, 0.2) is 121 Å². The molecule has 0 N–H and O–H groups in total. The van der Waals surface area contributed by atoms with E-state index in [1.165, 1.54) is 0 Å². The third-order valence-corrected chi connectivity index (χ3v) is 6.00. The third-order valence-electron chi connectivity index (χ3n) is 6.00. The second kappa shape index (κ2) is 8.75. The zero-order valence-corrected chi connectivity index (χ0v) is 18.4. The molecule has 0 spiro atoms. The van der Waals surface area contributed by atoms with Gasteiger partial charge in [0.15, 0.2) is 0 Å². The standard InChI is InChI=1S/C28H22N6/c1-3-9-23(10-4-1)33-20-25(28(32-33)21-13-16-29-17-14-21)27-18-26(22-8-7-15-30-19-22)31-34(27)24-11-5-2-6-12-24/h1-17,19-20,27H,18H2. The van der Waals surface area contributed by atoms with Gasteiger partial charge in [-0.2, -0.15) is 10.2 Å². The average Bonchev–Trinajstić information content (AvgIpc) is 3.56. The van der Waals surface area contributed by atoms with Crippen LogP contribution < -0.4 is 5.01 Å². The Bertz CT molecular complexity index is 1410. The molecule has 1 atom stereocenters. The van der Waals surface area contributed by atoms with Crippen molar-refractivity contribution in [1.29, 1.82) is 0 Å². The van der Waals surface area contributed by atoms with Crippen LogP contribution in [0.25, 0.3) is 16.9 Å². The van der Waals surface area contributed by atoms with E-state index in [1.54, 1.807) is 6.20 Å². The van der Waals surface area contributed by atoms with Crippen LogP contribution in [-0.2, 0) is 0 Å². The summed E-state index contributed by atoms with van der Waals surface area (Å²) in [5.41, 5.74) is 7.17. The molecule has 3 aromatic heterocycles. The van der Waals surface area contributed by atoms with Gasteiger partial charge in [0.25, 0.3) is 0 Å². The van der Waals surface area contributed by atoms with Crippen molar-refractivity contribution in [3.05, 3.63) is 127 Å². The van der Waals surface area contributed by atoms with Crippen LogP contribution in [0.3, 0.4) is 0 Å². The van der Waals surface area contributed by atoms with Crippen LogP contribution in [-0.4, -0.2) is 25.5 Å². The van der Waals surface area contributed by atoms with E-state index in [0.29, 0.717) is 0 Å². The fraction of sp³-hybridized carbons (Fsp3) is 0.0714. The minimum Gasteiger partial charge on any atom is -0.265 e. The molecule has 34 heavy (non-hydrogen) atoms. The number of benzene rings is 2. The Morgan fingerprint density at radius 3 is 2.12 bits per heavy atom. The predicted octanol–water partition coefficient (Wildman–Crippen LogP) is 5.69. The molecule has 2 aromatic carbocycles. The summed E-state index contributed by atoms with van der Waals surface area (Å²) in [6, 6.07) is 28.5. The molecule has 0 bridgehead atoms. The number of nitrogens with zero attached hydrogens (tertiary/aromatic N) is 6. The first-order valence-electron chi connectivity index (χ1n) is 11.2. The minimum absolute atomic E-state index is 0.0155. The first-order valence-corrected chi connectivity index (χ1v) is 11.2. The van der Waals surface area contributed by atoms with Crippen LogP contribution >= 0.6 is 0 Å². The average molecular weight is 443 g/mol. The highest BCUT2D eigenvalue weighted by Gasteiger charge is 2.33. The van der Waals surface area contributed by atoms with Gasteiger partial charge < -0.3 is 0 Å². The van der Waals surface area contributed by atoms with Gasteiger partial charge in [-0.15, -0.1) is 0 Å². The van der Waals surface area contributed by atoms with Crippen molar-refractivity contribution in [1.82, 2.24) is 19.7 Å². The smallest absolute Gasteiger partial charge is 0.0982 e. The van der Waals surface area contributed by atoms with E-state index in [4.69, 9.17) is 10.2 Å². The van der Waals surface area contributed by atoms with Crippen molar-refractivity contribution < 1.29 is 0 Å². The molecule has 4 heterocycles. The minimum atomic E-state index is -0.0155. The lowest BCUT2D eigenvalue weighted by molar-refractivity contribution is 0.709. The Hall–Kier alpha value is -4.58. The van der Waals surface area contributed by atoms with E-state index >= 15 is 0 Å². The van der Waals surface area contributed by atoms with Crippen LogP contribution in [0.1, 0.15) is 23.6 Å². The fourth-order valence-electron chi connectivity index (χ4n) is 4.36. The molecule has 0 amide bonds. The molecule has 0 radical (unpaired) electrons. The third kappa shape index (κ3) is 3.75. The SMILES string of the molecule is c1ccc(N2N=C(c3cccnc3)CC2c2cn(-c3ccccc3)nc2-c2ccncc2)cc1. The van der Waals surface area contributed by atoms with Crippen LogP contribution in [0.5, 0.6) is 0 Å². The molecule has 0 saturated heterocycles. The maximum absolute atomic E-state index is 5.06. The summed E-state index contributed by atoms with van der Waals surface area (Å²) in [5.74, 6) is 0. The maximum Gasteiger partial charge on any atom is 0.0982 e. The van der Waals surface area contributed by atoms with E-state index in [9.17, 15) is 0 Å². The van der Waals surface area contributed by atoms with Crippen molar-refractivity contribution in [2.45, 2.75) is 12.5 Å². The zero-order valence-electron chi connectivity index (χ0n) is 18.4. The van der Waals surface area contributed by atoms with Gasteiger partial charge in [-0.3, -0.25) is 15.0 Å². The van der Waals surface area contributed by atoms with E-state index in [2.05, 4.69) is 51.5 Å². The number of para-hydroxylation sites is 2. The molecule has 6 rings (SSSR count). The summed E-state index contributed by atoms with van der Waals surface area (Å²) in [6.07, 6.45) is 10.2. The van der Waals surface area contributed by atoms with Gasteiger partial charge in [0.05, 0.1) is 28.8 Å². The van der Waals surface area contributed by atoms with Crippen LogP contribution in [0, 0.1) is 0 Å². The summed E-state index contributed by atoms with van der Waals surface area (Å²) in [4.78, 5) is 8.51. The van der Waals surface area contributed by atoms with E-state index in [1.807, 2.05) is 77.9 Å². The van der Waals surface area contributed by atoms with E-state index in [-0.39, 0.29) is 6.04 Å². The molecule has 6 nitrogen and oxygen atoms in total. The first kappa shape index (κ1) is 20.1. The molecule has 0 saturated carbocycles. The lowest BCUT2D eigenvalue weighted by Gasteiger charge is -2.23. The van der Waals surface area contributed by atoms with Crippen molar-refractivity contribution in [2.24, 2.45) is 5.10 Å². The van der Waals surface area contributed by atoms with Gasteiger partial charge in [0.1, 0.15) is 0 Å². The molecule has 6 heteroatoms. The molecule has 1 aliphatic rings. The molecule has 0 fully saturated rings. The van der Waals surface area contributed by atoms with Gasteiger partial charge in [-0.05, 0) is 42.5 Å². The molecule has 0 aliphatic carbocycles. The Kier molecular flexibility index (Phi) is 5.16. The van der Waals surface area contributed by atoms with Gasteiger partial charge in [-0.1, -0.05) is 42.5 Å². The molecule has 1 unspecified atom stereocenters. The van der Waals surface area contributed by atoms with E-state index in [0.717, 1.165) is 45.9 Å². The summed E-state index contributed by atoms with van der Waals surface area (Å²) in [7, 11) is 0. The van der Waals surface area contributed by atoms with E-state index < -0.39 is 0 Å².